The number of allylic oxidation sites excluding steroid dienone is 2. The summed E-state index contributed by atoms with van der Waals surface area (Å²) in [5.74, 6) is -0.624. The molecule has 23 heavy (non-hydrogen) atoms. The van der Waals surface area contributed by atoms with Crippen LogP contribution in [0.5, 0.6) is 0 Å². The summed E-state index contributed by atoms with van der Waals surface area (Å²) in [5.41, 5.74) is 4.50. The van der Waals surface area contributed by atoms with E-state index in [1.54, 1.807) is 6.07 Å². The Morgan fingerprint density at radius 1 is 1.09 bits per heavy atom. The quantitative estimate of drug-likeness (QED) is 0.760. The van der Waals surface area contributed by atoms with Crippen LogP contribution >= 0.6 is 11.6 Å². The zero-order valence-electron chi connectivity index (χ0n) is 12.4. The first-order valence-electron chi connectivity index (χ1n) is 7.39. The Balaban J connectivity index is 2.00. The highest BCUT2D eigenvalue weighted by atomic mass is 35.5. The maximum absolute atomic E-state index is 14.2. The van der Waals surface area contributed by atoms with Crippen LogP contribution in [0, 0.1) is 5.82 Å². The van der Waals surface area contributed by atoms with Crippen LogP contribution in [0.1, 0.15) is 36.0 Å². The second kappa shape index (κ2) is 6.95. The van der Waals surface area contributed by atoms with Gasteiger partial charge in [-0.25, -0.2) is 8.60 Å². The summed E-state index contributed by atoms with van der Waals surface area (Å²) in [6, 6.07) is 12.6. The SMILES string of the molecule is O=S(O)Cc1ccc(C2=C(c3cccc(Cl)c3)CCC2)cc1F. The van der Waals surface area contributed by atoms with Crippen molar-refractivity contribution >= 4 is 33.8 Å². The summed E-state index contributed by atoms with van der Waals surface area (Å²) in [4.78, 5) is 0. The van der Waals surface area contributed by atoms with Crippen LogP contribution in [0.25, 0.3) is 11.1 Å². The maximum Gasteiger partial charge on any atom is 0.157 e. The summed E-state index contributed by atoms with van der Waals surface area (Å²) >= 11 is 4.03. The van der Waals surface area contributed by atoms with E-state index in [1.807, 2.05) is 30.3 Å². The van der Waals surface area contributed by atoms with Crippen LogP contribution in [-0.4, -0.2) is 8.76 Å². The summed E-state index contributed by atoms with van der Waals surface area (Å²) in [6.07, 6.45) is 2.87. The molecule has 0 fully saturated rings. The van der Waals surface area contributed by atoms with E-state index in [0.717, 1.165) is 36.0 Å². The molecule has 1 unspecified atom stereocenters. The largest absolute Gasteiger partial charge is 0.306 e. The number of benzene rings is 2. The van der Waals surface area contributed by atoms with Crippen molar-refractivity contribution in [1.29, 1.82) is 0 Å². The number of rotatable bonds is 4. The van der Waals surface area contributed by atoms with E-state index >= 15 is 0 Å². The van der Waals surface area contributed by atoms with Crippen molar-refractivity contribution < 1.29 is 13.2 Å². The first kappa shape index (κ1) is 16.4. The standard InChI is InChI=1S/C18H16ClFO2S/c19-15-4-1-3-12(9-15)16-5-2-6-17(16)13-7-8-14(11-23(21)22)18(20)10-13/h1,3-4,7-10H,2,5-6,11H2,(H,21,22). The van der Waals surface area contributed by atoms with Gasteiger partial charge in [0.1, 0.15) is 5.82 Å². The van der Waals surface area contributed by atoms with Gasteiger partial charge in [0.25, 0.3) is 0 Å². The third-order valence-corrected chi connectivity index (χ3v) is 4.86. The molecule has 0 aliphatic heterocycles. The molecule has 0 radical (unpaired) electrons. The van der Waals surface area contributed by atoms with Crippen molar-refractivity contribution in [3.8, 4) is 0 Å². The van der Waals surface area contributed by atoms with Crippen LogP contribution in [0.4, 0.5) is 4.39 Å². The highest BCUT2D eigenvalue weighted by molar-refractivity contribution is 7.78. The fraction of sp³-hybridized carbons (Fsp3) is 0.222. The molecular formula is C18H16ClFO2S. The molecule has 2 nitrogen and oxygen atoms in total. The minimum atomic E-state index is -2.04. The first-order chi connectivity index (χ1) is 11.0. The average molecular weight is 351 g/mol. The van der Waals surface area contributed by atoms with E-state index in [4.69, 9.17) is 16.2 Å². The Hall–Kier alpha value is -1.49. The van der Waals surface area contributed by atoms with Gasteiger partial charge in [0.05, 0.1) is 5.75 Å². The van der Waals surface area contributed by atoms with Gasteiger partial charge in [0, 0.05) is 10.6 Å². The topological polar surface area (TPSA) is 37.3 Å². The Bertz CT molecular complexity index is 801. The molecule has 1 atom stereocenters. The molecule has 0 heterocycles. The second-order valence-corrected chi connectivity index (χ2v) is 6.96. The smallest absolute Gasteiger partial charge is 0.157 e. The van der Waals surface area contributed by atoms with Gasteiger partial charge >= 0.3 is 0 Å². The molecule has 2 aromatic rings. The van der Waals surface area contributed by atoms with E-state index in [2.05, 4.69) is 0 Å². The van der Waals surface area contributed by atoms with Gasteiger partial charge in [-0.2, -0.15) is 0 Å². The molecule has 0 saturated carbocycles. The zero-order chi connectivity index (χ0) is 16.4. The number of halogens is 2. The Morgan fingerprint density at radius 3 is 2.39 bits per heavy atom. The summed E-state index contributed by atoms with van der Waals surface area (Å²) in [5, 5.41) is 0.688. The fourth-order valence-corrected chi connectivity index (χ4v) is 3.73. The lowest BCUT2D eigenvalue weighted by molar-refractivity contribution is 0.559. The molecule has 3 rings (SSSR count). The molecule has 1 aliphatic rings. The molecule has 2 aromatic carbocycles. The molecule has 1 N–H and O–H groups in total. The predicted molar refractivity (Wildman–Crippen MR) is 93.0 cm³/mol. The van der Waals surface area contributed by atoms with Gasteiger partial charge < -0.3 is 4.55 Å². The van der Waals surface area contributed by atoms with Gasteiger partial charge in [0.15, 0.2) is 11.1 Å². The van der Waals surface area contributed by atoms with E-state index < -0.39 is 16.9 Å². The average Bonchev–Trinajstić information content (AvgIpc) is 2.98. The van der Waals surface area contributed by atoms with Gasteiger partial charge in [0.2, 0.25) is 0 Å². The molecule has 1 aliphatic carbocycles. The van der Waals surface area contributed by atoms with E-state index in [1.165, 1.54) is 11.6 Å². The van der Waals surface area contributed by atoms with Crippen molar-refractivity contribution in [2.75, 3.05) is 0 Å². The highest BCUT2D eigenvalue weighted by Crippen LogP contribution is 2.40. The molecule has 0 saturated heterocycles. The molecule has 0 bridgehead atoms. The molecule has 0 amide bonds. The van der Waals surface area contributed by atoms with E-state index in [0.29, 0.717) is 5.02 Å². The molecular weight excluding hydrogens is 335 g/mol. The van der Waals surface area contributed by atoms with Crippen LogP contribution in [0.3, 0.4) is 0 Å². The molecule has 5 heteroatoms. The molecule has 0 aromatic heterocycles. The lowest BCUT2D eigenvalue weighted by Gasteiger charge is -2.10. The van der Waals surface area contributed by atoms with Crippen molar-refractivity contribution in [2.45, 2.75) is 25.0 Å². The Labute approximate surface area is 142 Å². The van der Waals surface area contributed by atoms with Crippen LogP contribution < -0.4 is 0 Å². The second-order valence-electron chi connectivity index (χ2n) is 5.59. The van der Waals surface area contributed by atoms with E-state index in [-0.39, 0.29) is 11.3 Å². The number of hydrogen-bond donors (Lipinski definition) is 1. The van der Waals surface area contributed by atoms with Gasteiger partial charge in [-0.05, 0) is 59.7 Å². The molecule has 0 spiro atoms. The number of hydrogen-bond acceptors (Lipinski definition) is 1. The van der Waals surface area contributed by atoms with Crippen molar-refractivity contribution in [3.63, 3.8) is 0 Å². The lowest BCUT2D eigenvalue weighted by Crippen LogP contribution is -1.98. The zero-order valence-corrected chi connectivity index (χ0v) is 14.0. The molecule has 120 valence electrons. The summed E-state index contributed by atoms with van der Waals surface area (Å²) in [7, 11) is 0. The summed E-state index contributed by atoms with van der Waals surface area (Å²) < 4.78 is 33.9. The van der Waals surface area contributed by atoms with Crippen molar-refractivity contribution in [3.05, 3.63) is 70.0 Å². The third kappa shape index (κ3) is 3.71. The minimum absolute atomic E-state index is 0.188. The van der Waals surface area contributed by atoms with Gasteiger partial charge in [-0.15, -0.1) is 0 Å². The van der Waals surface area contributed by atoms with Crippen LogP contribution in [0.15, 0.2) is 42.5 Å². The minimum Gasteiger partial charge on any atom is -0.306 e. The third-order valence-electron chi connectivity index (χ3n) is 4.07. The van der Waals surface area contributed by atoms with Crippen LogP contribution in [-0.2, 0) is 16.8 Å². The van der Waals surface area contributed by atoms with Gasteiger partial charge in [-0.1, -0.05) is 35.9 Å². The Kier molecular flexibility index (Phi) is 4.95. The van der Waals surface area contributed by atoms with E-state index in [9.17, 15) is 8.60 Å². The van der Waals surface area contributed by atoms with Crippen molar-refractivity contribution in [1.82, 2.24) is 0 Å². The normalized spacial score (nSPS) is 16.0. The van der Waals surface area contributed by atoms with Crippen molar-refractivity contribution in [2.24, 2.45) is 0 Å². The maximum atomic E-state index is 14.2. The predicted octanol–water partition coefficient (Wildman–Crippen LogP) is 5.30. The van der Waals surface area contributed by atoms with Gasteiger partial charge in [-0.3, -0.25) is 0 Å². The summed E-state index contributed by atoms with van der Waals surface area (Å²) in [6.45, 7) is 0. The fourth-order valence-electron chi connectivity index (χ4n) is 3.04. The highest BCUT2D eigenvalue weighted by Gasteiger charge is 2.19. The van der Waals surface area contributed by atoms with Crippen LogP contribution in [0.2, 0.25) is 5.02 Å². The first-order valence-corrected chi connectivity index (χ1v) is 9.04. The monoisotopic (exact) mass is 350 g/mol. The lowest BCUT2D eigenvalue weighted by atomic mass is 9.96. The Morgan fingerprint density at radius 2 is 1.78 bits per heavy atom.